The van der Waals surface area contributed by atoms with Gasteiger partial charge in [-0.3, -0.25) is 14.6 Å². The summed E-state index contributed by atoms with van der Waals surface area (Å²) in [4.78, 5) is 60.3. The molecule has 24 heavy (non-hydrogen) atoms. The molecule has 0 spiro atoms. The lowest BCUT2D eigenvalue weighted by Crippen LogP contribution is -2.25. The first-order valence-corrected chi connectivity index (χ1v) is 7.03. The van der Waals surface area contributed by atoms with Gasteiger partial charge in [0, 0.05) is 37.2 Å². The van der Waals surface area contributed by atoms with Crippen LogP contribution in [0, 0.1) is 5.92 Å². The highest BCUT2D eigenvalue weighted by Crippen LogP contribution is 2.09. The van der Waals surface area contributed by atoms with Gasteiger partial charge in [-0.15, -0.1) is 0 Å². The van der Waals surface area contributed by atoms with Crippen LogP contribution in [-0.4, -0.2) is 41.0 Å². The van der Waals surface area contributed by atoms with Gasteiger partial charge in [-0.1, -0.05) is 0 Å². The quantitative estimate of drug-likeness (QED) is 0.416. The molecule has 1 aromatic rings. The van der Waals surface area contributed by atoms with E-state index in [-0.39, 0.29) is 30.6 Å². The van der Waals surface area contributed by atoms with Crippen molar-refractivity contribution in [1.29, 1.82) is 0 Å². The Bertz CT molecular complexity index is 777. The number of hydrogen-bond acceptors (Lipinski definition) is 7. The third-order valence-corrected chi connectivity index (χ3v) is 3.14. The summed E-state index contributed by atoms with van der Waals surface area (Å²) in [6.07, 6.45) is 3.18. The maximum absolute atomic E-state index is 11.4. The van der Waals surface area contributed by atoms with Crippen molar-refractivity contribution in [3.63, 3.8) is 0 Å². The number of amides is 1. The van der Waals surface area contributed by atoms with Crippen LogP contribution in [0.5, 0.6) is 0 Å². The lowest BCUT2D eigenvalue weighted by atomic mass is 10.1. The van der Waals surface area contributed by atoms with Gasteiger partial charge in [0.05, 0.1) is 12.2 Å². The highest BCUT2D eigenvalue weighted by atomic mass is 16.5. The van der Waals surface area contributed by atoms with E-state index in [1.165, 1.54) is 0 Å². The van der Waals surface area contributed by atoms with Gasteiger partial charge in [-0.25, -0.2) is 14.4 Å². The van der Waals surface area contributed by atoms with E-state index in [2.05, 4.69) is 10.3 Å². The van der Waals surface area contributed by atoms with Crippen molar-refractivity contribution in [3.8, 4) is 0 Å². The molecule has 10 heteroatoms. The van der Waals surface area contributed by atoms with Crippen molar-refractivity contribution >= 4 is 17.8 Å². The monoisotopic (exact) mass is 337 g/mol. The summed E-state index contributed by atoms with van der Waals surface area (Å²) in [7, 11) is 0. The van der Waals surface area contributed by atoms with Crippen LogP contribution in [-0.2, 0) is 30.5 Å². The summed E-state index contributed by atoms with van der Waals surface area (Å²) in [5.74, 6) is -1.76. The summed E-state index contributed by atoms with van der Waals surface area (Å²) in [5.41, 5.74) is -1.29. The normalized spacial score (nSPS) is 16.8. The van der Waals surface area contributed by atoms with Gasteiger partial charge < -0.3 is 19.8 Å². The molecule has 1 atom stereocenters. The minimum atomic E-state index is -0.852. The van der Waals surface area contributed by atoms with E-state index < -0.39 is 23.2 Å². The predicted molar refractivity (Wildman–Crippen MR) is 78.7 cm³/mol. The van der Waals surface area contributed by atoms with Crippen LogP contribution in [0.3, 0.4) is 0 Å². The second kappa shape index (κ2) is 7.90. The molecule has 3 N–H and O–H groups in total. The maximum Gasteiger partial charge on any atom is 0.331 e. The van der Waals surface area contributed by atoms with E-state index in [1.807, 2.05) is 4.98 Å². The Hall–Kier alpha value is -3.17. The Morgan fingerprint density at radius 3 is 2.50 bits per heavy atom. The van der Waals surface area contributed by atoms with Gasteiger partial charge >= 0.3 is 17.6 Å². The number of carbonyl (C=O) groups excluding carboxylic acids is 3. The van der Waals surface area contributed by atoms with Crippen molar-refractivity contribution in [1.82, 2.24) is 15.3 Å². The lowest BCUT2D eigenvalue weighted by Gasteiger charge is -2.06. The molecule has 1 fully saturated rings. The highest BCUT2D eigenvalue weighted by molar-refractivity contribution is 5.91. The smallest absolute Gasteiger partial charge is 0.331 e. The van der Waals surface area contributed by atoms with Crippen LogP contribution in [0.4, 0.5) is 0 Å². The van der Waals surface area contributed by atoms with Gasteiger partial charge in [-0.2, -0.15) is 0 Å². The molecular weight excluding hydrogens is 322 g/mol. The van der Waals surface area contributed by atoms with E-state index in [0.717, 1.165) is 18.3 Å². The fraction of sp³-hybridized carbons (Fsp3) is 0.357. The Morgan fingerprint density at radius 1 is 1.17 bits per heavy atom. The molecule has 1 aromatic heterocycles. The van der Waals surface area contributed by atoms with E-state index in [1.54, 1.807) is 0 Å². The third-order valence-electron chi connectivity index (χ3n) is 3.14. The number of H-pyrrole nitrogens is 2. The van der Waals surface area contributed by atoms with Gasteiger partial charge in [0.1, 0.15) is 6.61 Å². The third kappa shape index (κ3) is 5.23. The van der Waals surface area contributed by atoms with Crippen LogP contribution >= 0.6 is 0 Å². The van der Waals surface area contributed by atoms with Crippen LogP contribution < -0.4 is 16.6 Å². The molecule has 2 rings (SSSR count). The zero-order valence-electron chi connectivity index (χ0n) is 12.5. The Kier molecular flexibility index (Phi) is 5.66. The number of rotatable bonds is 6. The molecule has 1 aliphatic heterocycles. The highest BCUT2D eigenvalue weighted by Gasteiger charge is 2.22. The topological polar surface area (TPSA) is 147 Å². The summed E-state index contributed by atoms with van der Waals surface area (Å²) in [6, 6.07) is 0. The molecule has 1 aliphatic rings. The lowest BCUT2D eigenvalue weighted by molar-refractivity contribution is -0.141. The number of hydrogen-bond donors (Lipinski definition) is 3. The first-order valence-electron chi connectivity index (χ1n) is 7.03. The van der Waals surface area contributed by atoms with Crippen molar-refractivity contribution in [2.24, 2.45) is 5.92 Å². The first-order chi connectivity index (χ1) is 11.4. The molecule has 10 nitrogen and oxygen atoms in total. The number of carbonyl (C=O) groups is 3. The number of nitrogens with one attached hydrogen (secondary N) is 3. The molecule has 0 saturated carbocycles. The number of aromatic amines is 2. The standard InChI is InChI=1S/C14H15N3O7/c18-10-3-8(4-15-10)6-23-11(19)1-2-12(20)24-7-9-5-16-14(22)17-13(9)21/h1-2,5,8H,3-4,6-7H2,(H,15,18)(H2,16,17,21,22)/b2-1+. The molecule has 1 unspecified atom stereocenters. The van der Waals surface area contributed by atoms with Crippen molar-refractivity contribution in [3.05, 3.63) is 44.8 Å². The first kappa shape index (κ1) is 17.2. The summed E-state index contributed by atoms with van der Waals surface area (Å²) < 4.78 is 9.66. The minimum absolute atomic E-state index is 0.0531. The molecule has 0 aromatic carbocycles. The number of esters is 2. The van der Waals surface area contributed by atoms with Gasteiger partial charge in [0.15, 0.2) is 0 Å². The maximum atomic E-state index is 11.4. The van der Waals surface area contributed by atoms with Crippen LogP contribution in [0.25, 0.3) is 0 Å². The van der Waals surface area contributed by atoms with Crippen molar-refractivity contribution in [2.75, 3.05) is 13.2 Å². The predicted octanol–water partition coefficient (Wildman–Crippen LogP) is -1.66. The van der Waals surface area contributed by atoms with E-state index in [9.17, 15) is 24.0 Å². The fourth-order valence-electron chi connectivity index (χ4n) is 1.91. The molecule has 0 bridgehead atoms. The van der Waals surface area contributed by atoms with Crippen LogP contribution in [0.1, 0.15) is 12.0 Å². The Morgan fingerprint density at radius 2 is 1.88 bits per heavy atom. The van der Waals surface area contributed by atoms with Gasteiger partial charge in [-0.05, 0) is 0 Å². The molecule has 2 heterocycles. The van der Waals surface area contributed by atoms with Crippen LogP contribution in [0.15, 0.2) is 27.9 Å². The number of ether oxygens (including phenoxy) is 2. The zero-order valence-corrected chi connectivity index (χ0v) is 12.5. The van der Waals surface area contributed by atoms with E-state index in [0.29, 0.717) is 13.0 Å². The molecule has 1 saturated heterocycles. The molecule has 128 valence electrons. The number of aromatic nitrogens is 2. The Labute approximate surface area is 134 Å². The van der Waals surface area contributed by atoms with E-state index >= 15 is 0 Å². The molecule has 1 amide bonds. The average Bonchev–Trinajstić information content (AvgIpc) is 2.95. The summed E-state index contributed by atoms with van der Waals surface area (Å²) >= 11 is 0. The SMILES string of the molecule is O=C1CC(COC(=O)/C=C/C(=O)OCc2c[nH]c(=O)[nH]c2=O)CN1. The summed E-state index contributed by atoms with van der Waals surface area (Å²) in [6.45, 7) is 0.162. The largest absolute Gasteiger partial charge is 0.462 e. The minimum Gasteiger partial charge on any atom is -0.462 e. The van der Waals surface area contributed by atoms with E-state index in [4.69, 9.17) is 9.47 Å². The zero-order chi connectivity index (χ0) is 17.5. The molecular formula is C14H15N3O7. The van der Waals surface area contributed by atoms with Gasteiger partial charge in [0.2, 0.25) is 5.91 Å². The second-order valence-corrected chi connectivity index (χ2v) is 5.04. The Balaban J connectivity index is 1.73. The second-order valence-electron chi connectivity index (χ2n) is 5.04. The summed E-state index contributed by atoms with van der Waals surface area (Å²) in [5, 5.41) is 2.61. The molecule has 0 aliphatic carbocycles. The van der Waals surface area contributed by atoms with Crippen molar-refractivity contribution < 1.29 is 23.9 Å². The van der Waals surface area contributed by atoms with Crippen LogP contribution in [0.2, 0.25) is 0 Å². The van der Waals surface area contributed by atoms with Gasteiger partial charge in [0.25, 0.3) is 5.56 Å². The average molecular weight is 337 g/mol. The molecule has 0 radical (unpaired) electrons. The van der Waals surface area contributed by atoms with Crippen molar-refractivity contribution in [2.45, 2.75) is 13.0 Å². The fourth-order valence-corrected chi connectivity index (χ4v) is 1.91.